The molecule has 1 saturated heterocycles. The van der Waals surface area contributed by atoms with Crippen molar-refractivity contribution in [2.45, 2.75) is 26.8 Å². The van der Waals surface area contributed by atoms with Crippen LogP contribution in [0.4, 0.5) is 0 Å². The van der Waals surface area contributed by atoms with Crippen molar-refractivity contribution in [2.24, 2.45) is 0 Å². The smallest absolute Gasteiger partial charge is 0.295 e. The fourth-order valence-electron chi connectivity index (χ4n) is 4.24. The van der Waals surface area contributed by atoms with Crippen LogP contribution in [0.1, 0.15) is 37.9 Å². The predicted molar refractivity (Wildman–Crippen MR) is 138 cm³/mol. The van der Waals surface area contributed by atoms with E-state index in [1.807, 2.05) is 13.8 Å². The molecule has 0 radical (unpaired) electrons. The van der Waals surface area contributed by atoms with Crippen molar-refractivity contribution >= 4 is 17.4 Å². The van der Waals surface area contributed by atoms with Crippen molar-refractivity contribution in [3.8, 4) is 17.2 Å². The van der Waals surface area contributed by atoms with Gasteiger partial charge in [0, 0.05) is 18.7 Å². The number of ketones is 1. The number of aliphatic hydroxyl groups is 1. The van der Waals surface area contributed by atoms with Crippen LogP contribution in [0.25, 0.3) is 5.76 Å². The molecule has 1 unspecified atom stereocenters. The topological polar surface area (TPSA) is 99.5 Å². The quantitative estimate of drug-likeness (QED) is 0.198. The molecular formula is C28H34N2O6. The van der Waals surface area contributed by atoms with E-state index in [2.05, 4.69) is 11.5 Å². The van der Waals surface area contributed by atoms with E-state index >= 15 is 0 Å². The number of ether oxygens (including phenoxy) is 2. The second kappa shape index (κ2) is 12.3. The molecule has 0 saturated carbocycles. The van der Waals surface area contributed by atoms with Gasteiger partial charge < -0.3 is 29.5 Å². The van der Waals surface area contributed by atoms with Crippen molar-refractivity contribution < 1.29 is 29.3 Å². The largest absolute Gasteiger partial charge is 0.507 e. The van der Waals surface area contributed by atoms with Gasteiger partial charge in [-0.2, -0.15) is 0 Å². The summed E-state index contributed by atoms with van der Waals surface area (Å²) in [4.78, 5) is 30.1. The average molecular weight is 495 g/mol. The van der Waals surface area contributed by atoms with Gasteiger partial charge in [0.2, 0.25) is 0 Å². The fraction of sp³-hybridized carbons (Fsp3) is 0.357. The Morgan fingerprint density at radius 3 is 2.39 bits per heavy atom. The van der Waals surface area contributed by atoms with E-state index in [9.17, 15) is 19.8 Å². The molecule has 0 bridgehead atoms. The van der Waals surface area contributed by atoms with Gasteiger partial charge in [-0.1, -0.05) is 32.6 Å². The highest BCUT2D eigenvalue weighted by Crippen LogP contribution is 2.41. The number of likely N-dealkylation sites (tertiary alicyclic amines) is 1. The van der Waals surface area contributed by atoms with E-state index in [0.29, 0.717) is 43.2 Å². The fourth-order valence-corrected chi connectivity index (χ4v) is 4.24. The first-order valence-electron chi connectivity index (χ1n) is 12.2. The number of amides is 1. The summed E-state index contributed by atoms with van der Waals surface area (Å²) >= 11 is 0. The van der Waals surface area contributed by atoms with E-state index < -0.39 is 17.7 Å². The summed E-state index contributed by atoms with van der Waals surface area (Å²) < 4.78 is 11.0. The van der Waals surface area contributed by atoms with Crippen LogP contribution in [-0.4, -0.2) is 71.1 Å². The van der Waals surface area contributed by atoms with E-state index in [1.54, 1.807) is 49.4 Å². The third-order valence-corrected chi connectivity index (χ3v) is 6.19. The van der Waals surface area contributed by atoms with Crippen LogP contribution in [0.3, 0.4) is 0 Å². The Morgan fingerprint density at radius 2 is 1.78 bits per heavy atom. The monoisotopic (exact) mass is 494 g/mol. The molecule has 1 atom stereocenters. The lowest BCUT2D eigenvalue weighted by atomic mass is 9.95. The Kier molecular flexibility index (Phi) is 9.13. The Bertz CT molecular complexity index is 1120. The molecule has 1 heterocycles. The number of carbonyl (C=O) groups is 2. The Balaban J connectivity index is 2.09. The lowest BCUT2D eigenvalue weighted by Gasteiger charge is -2.28. The van der Waals surface area contributed by atoms with Crippen LogP contribution in [-0.2, 0) is 9.59 Å². The number of likely N-dealkylation sites (N-methyl/N-ethyl adjacent to an activating group) is 1. The number of hydrogen-bond donors (Lipinski definition) is 2. The molecule has 2 aromatic rings. The molecule has 0 aliphatic carbocycles. The molecule has 2 aromatic carbocycles. The molecule has 1 fully saturated rings. The van der Waals surface area contributed by atoms with Gasteiger partial charge in [0.05, 0.1) is 18.2 Å². The molecule has 1 aliphatic heterocycles. The second-order valence-electron chi connectivity index (χ2n) is 8.30. The number of rotatable bonds is 12. The van der Waals surface area contributed by atoms with Gasteiger partial charge in [-0.15, -0.1) is 0 Å². The average Bonchev–Trinajstić information content (AvgIpc) is 3.14. The van der Waals surface area contributed by atoms with Gasteiger partial charge >= 0.3 is 0 Å². The van der Waals surface area contributed by atoms with Crippen LogP contribution in [0.15, 0.2) is 60.7 Å². The maximum Gasteiger partial charge on any atom is 0.295 e. The minimum Gasteiger partial charge on any atom is -0.507 e. The van der Waals surface area contributed by atoms with Crippen molar-refractivity contribution in [3.63, 3.8) is 0 Å². The van der Waals surface area contributed by atoms with Crippen molar-refractivity contribution in [1.29, 1.82) is 0 Å². The lowest BCUT2D eigenvalue weighted by molar-refractivity contribution is -0.140. The normalized spacial score (nSPS) is 17.0. The lowest BCUT2D eigenvalue weighted by Crippen LogP contribution is -2.38. The zero-order chi connectivity index (χ0) is 26.2. The minimum absolute atomic E-state index is 0.00700. The highest BCUT2D eigenvalue weighted by molar-refractivity contribution is 6.46. The van der Waals surface area contributed by atoms with Gasteiger partial charge in [0.1, 0.15) is 18.1 Å². The van der Waals surface area contributed by atoms with E-state index in [1.165, 1.54) is 11.0 Å². The minimum atomic E-state index is -0.836. The van der Waals surface area contributed by atoms with Crippen LogP contribution < -0.4 is 9.47 Å². The molecule has 36 heavy (non-hydrogen) atoms. The summed E-state index contributed by atoms with van der Waals surface area (Å²) in [5, 5.41) is 21.5. The molecule has 8 heteroatoms. The number of aliphatic hydroxyl groups excluding tert-OH is 1. The predicted octanol–water partition coefficient (Wildman–Crippen LogP) is 4.12. The first-order valence-corrected chi connectivity index (χ1v) is 12.2. The first-order chi connectivity index (χ1) is 17.4. The summed E-state index contributed by atoms with van der Waals surface area (Å²) in [7, 11) is 0. The molecule has 2 N–H and O–H groups in total. The highest BCUT2D eigenvalue weighted by atomic mass is 16.5. The molecule has 1 aliphatic rings. The zero-order valence-electron chi connectivity index (χ0n) is 21.1. The van der Waals surface area contributed by atoms with Crippen molar-refractivity contribution in [3.05, 3.63) is 71.8 Å². The molecular weight excluding hydrogens is 460 g/mol. The first kappa shape index (κ1) is 26.8. The van der Waals surface area contributed by atoms with Gasteiger partial charge in [0.25, 0.3) is 11.7 Å². The molecule has 1 amide bonds. The number of hydrogen-bond acceptors (Lipinski definition) is 7. The summed E-state index contributed by atoms with van der Waals surface area (Å²) in [5.41, 5.74) is 0.937. The summed E-state index contributed by atoms with van der Waals surface area (Å²) in [5.74, 6) is -0.919. The number of Topliss-reactive ketones (excluding diaryl/α,β-unsaturated/α-hetero) is 1. The molecule has 3 rings (SSSR count). The second-order valence-corrected chi connectivity index (χ2v) is 8.30. The Labute approximate surface area is 212 Å². The maximum absolute atomic E-state index is 13.2. The van der Waals surface area contributed by atoms with E-state index in [-0.39, 0.29) is 22.8 Å². The van der Waals surface area contributed by atoms with Gasteiger partial charge in [-0.05, 0) is 62.0 Å². The number of benzene rings is 2. The van der Waals surface area contributed by atoms with Crippen molar-refractivity contribution in [1.82, 2.24) is 9.80 Å². The standard InChI is InChI=1S/C28H34N2O6/c1-5-17-36-21-12-9-19(10-13-21)26(32)24-25(20-11-14-22(31)23(18-20)35-8-4)30(28(34)27(24)33)16-15-29(6-2)7-3/h5,9-14,18,25,31-32H,1,6-8,15-17H2,2-4H3/b26-24-. The number of aromatic hydroxyl groups is 1. The maximum atomic E-state index is 13.2. The summed E-state index contributed by atoms with van der Waals surface area (Å²) in [6, 6.07) is 10.5. The van der Waals surface area contributed by atoms with E-state index in [4.69, 9.17) is 9.47 Å². The molecule has 0 spiro atoms. The Hall–Kier alpha value is -3.78. The number of nitrogens with zero attached hydrogens (tertiary/aromatic N) is 2. The molecule has 0 aromatic heterocycles. The van der Waals surface area contributed by atoms with Gasteiger partial charge in [-0.25, -0.2) is 0 Å². The van der Waals surface area contributed by atoms with Gasteiger partial charge in [-0.3, -0.25) is 9.59 Å². The molecule has 192 valence electrons. The summed E-state index contributed by atoms with van der Waals surface area (Å²) in [6.07, 6.45) is 1.63. The van der Waals surface area contributed by atoms with Crippen LogP contribution in [0.2, 0.25) is 0 Å². The third kappa shape index (κ3) is 5.71. The molecule has 8 nitrogen and oxygen atoms in total. The van der Waals surface area contributed by atoms with Crippen LogP contribution >= 0.6 is 0 Å². The van der Waals surface area contributed by atoms with E-state index in [0.717, 1.165) is 13.1 Å². The SMILES string of the molecule is C=CCOc1ccc(/C(O)=C2/C(=O)C(=O)N(CCN(CC)CC)C2c2ccc(O)c(OCC)c2)cc1. The number of carbonyl (C=O) groups excluding carboxylic acids is 2. The third-order valence-electron chi connectivity index (χ3n) is 6.19. The van der Waals surface area contributed by atoms with Gasteiger partial charge in [0.15, 0.2) is 11.5 Å². The van der Waals surface area contributed by atoms with Crippen LogP contribution in [0.5, 0.6) is 17.2 Å². The number of phenolic OH excluding ortho intramolecular Hbond substituents is 1. The number of phenols is 1. The van der Waals surface area contributed by atoms with Crippen LogP contribution in [0, 0.1) is 0 Å². The Morgan fingerprint density at radius 1 is 1.08 bits per heavy atom. The summed E-state index contributed by atoms with van der Waals surface area (Å²) in [6.45, 7) is 12.6. The van der Waals surface area contributed by atoms with Crippen molar-refractivity contribution in [2.75, 3.05) is 39.4 Å². The highest BCUT2D eigenvalue weighted by Gasteiger charge is 2.46. The zero-order valence-corrected chi connectivity index (χ0v) is 21.1.